The first kappa shape index (κ1) is 30.0. The number of hydrogen-bond donors (Lipinski definition) is 2. The number of alkyl carbamates (subject to hydrolysis) is 1. The molecule has 4 rings (SSSR count). The lowest BCUT2D eigenvalue weighted by Gasteiger charge is -2.42. The highest BCUT2D eigenvalue weighted by Gasteiger charge is 2.37. The molecule has 2 aliphatic rings. The zero-order valence-corrected chi connectivity index (χ0v) is 25.7. The number of primary amides is 1. The summed E-state index contributed by atoms with van der Waals surface area (Å²) in [5, 5.41) is 5.76. The summed E-state index contributed by atoms with van der Waals surface area (Å²) in [5.74, 6) is -0.722. The van der Waals surface area contributed by atoms with Gasteiger partial charge in [0.2, 0.25) is 11.8 Å². The van der Waals surface area contributed by atoms with Crippen LogP contribution < -0.4 is 11.1 Å². The second-order valence-corrected chi connectivity index (χ2v) is 14.5. The fourth-order valence-corrected chi connectivity index (χ4v) is 6.77. The second-order valence-electron chi connectivity index (χ2n) is 13.6. The first-order valence-electron chi connectivity index (χ1n) is 14.2. The molecule has 1 atom stereocenters. The summed E-state index contributed by atoms with van der Waals surface area (Å²) < 4.78 is 5.27. The van der Waals surface area contributed by atoms with Crippen LogP contribution in [-0.2, 0) is 25.2 Å². The number of hydrogen-bond acceptors (Lipinski definition) is 6. The summed E-state index contributed by atoms with van der Waals surface area (Å²) in [6.45, 7) is 15.6. The average molecular weight is 569 g/mol. The van der Waals surface area contributed by atoms with Gasteiger partial charge in [0, 0.05) is 30.0 Å². The minimum absolute atomic E-state index is 0.143. The Hall–Kier alpha value is -2.94. The summed E-state index contributed by atoms with van der Waals surface area (Å²) >= 11 is 1.68. The summed E-state index contributed by atoms with van der Waals surface area (Å²) in [5.41, 5.74) is 9.99. The molecule has 40 heavy (non-hydrogen) atoms. The molecule has 3 amide bonds. The van der Waals surface area contributed by atoms with E-state index < -0.39 is 23.6 Å². The minimum Gasteiger partial charge on any atom is -0.444 e. The lowest BCUT2D eigenvalue weighted by atomic mass is 9.63. The lowest BCUT2D eigenvalue weighted by molar-refractivity contribution is -0.136. The molecular formula is C31H44N4O4S. The van der Waals surface area contributed by atoms with Crippen molar-refractivity contribution >= 4 is 29.2 Å². The highest BCUT2D eigenvalue weighted by atomic mass is 32.1. The van der Waals surface area contributed by atoms with Crippen LogP contribution in [0.3, 0.4) is 0 Å². The van der Waals surface area contributed by atoms with Crippen molar-refractivity contribution in [2.24, 2.45) is 5.73 Å². The molecule has 3 N–H and O–H groups in total. The topological polar surface area (TPSA) is 115 Å². The van der Waals surface area contributed by atoms with Gasteiger partial charge in [-0.1, -0.05) is 39.8 Å². The van der Waals surface area contributed by atoms with Crippen LogP contribution in [0.25, 0.3) is 11.3 Å². The molecule has 1 aliphatic carbocycles. The number of fused-ring (bicyclic) bond motifs is 1. The number of carbonyl (C=O) groups is 3. The third-order valence-electron chi connectivity index (χ3n) is 8.22. The van der Waals surface area contributed by atoms with Crippen molar-refractivity contribution in [3.63, 3.8) is 0 Å². The number of ether oxygens (including phenoxy) is 1. The lowest BCUT2D eigenvalue weighted by Crippen LogP contribution is -2.52. The number of thiazole rings is 1. The molecule has 2 aromatic rings. The van der Waals surface area contributed by atoms with Gasteiger partial charge in [0.15, 0.2) is 0 Å². The van der Waals surface area contributed by atoms with Gasteiger partial charge < -0.3 is 20.7 Å². The van der Waals surface area contributed by atoms with Crippen LogP contribution in [0.4, 0.5) is 4.79 Å². The Morgan fingerprint density at radius 3 is 2.33 bits per heavy atom. The third-order valence-corrected chi connectivity index (χ3v) is 9.23. The molecule has 2 heterocycles. The molecule has 0 spiro atoms. The molecule has 0 saturated carbocycles. The van der Waals surface area contributed by atoms with Gasteiger partial charge in [-0.15, -0.1) is 11.3 Å². The third kappa shape index (κ3) is 6.85. The average Bonchev–Trinajstić information content (AvgIpc) is 3.35. The maximum atomic E-state index is 13.2. The Kier molecular flexibility index (Phi) is 8.37. The Morgan fingerprint density at radius 1 is 1.10 bits per heavy atom. The number of nitrogens with zero attached hydrogens (tertiary/aromatic N) is 2. The van der Waals surface area contributed by atoms with Crippen molar-refractivity contribution in [2.75, 3.05) is 13.1 Å². The monoisotopic (exact) mass is 568 g/mol. The van der Waals surface area contributed by atoms with Crippen LogP contribution in [0, 0.1) is 0 Å². The highest BCUT2D eigenvalue weighted by molar-refractivity contribution is 7.10. The largest absolute Gasteiger partial charge is 0.444 e. The van der Waals surface area contributed by atoms with Gasteiger partial charge in [0.05, 0.1) is 17.1 Å². The van der Waals surface area contributed by atoms with Crippen LogP contribution in [-0.4, -0.2) is 52.5 Å². The fraction of sp³-hybridized carbons (Fsp3) is 0.613. The van der Waals surface area contributed by atoms with Gasteiger partial charge in [0.25, 0.3) is 0 Å². The number of piperidine rings is 1. The number of benzene rings is 1. The van der Waals surface area contributed by atoms with E-state index in [1.165, 1.54) is 24.0 Å². The number of likely N-dealkylation sites (tertiary alicyclic amines) is 1. The van der Waals surface area contributed by atoms with Crippen LogP contribution in [0.1, 0.15) is 103 Å². The summed E-state index contributed by atoms with van der Waals surface area (Å²) in [6.07, 6.45) is 2.87. The summed E-state index contributed by atoms with van der Waals surface area (Å²) in [6, 6.07) is 5.79. The van der Waals surface area contributed by atoms with Crippen molar-refractivity contribution in [1.29, 1.82) is 0 Å². The molecule has 1 fully saturated rings. The standard InChI is InChI=1S/C31H44N4O4S/c1-29(2,3)39-28(38)34-23(17-25(32)36)27(37)35-14-10-19(11-15-35)26-33-24(18-40-26)20-8-9-21-22(16-20)31(6,7)13-12-30(21,4)5/h8-9,16,18-19,23H,10-15,17H2,1-7H3,(H2,32,36)(H,34,38)/t23-/m1/s1. The van der Waals surface area contributed by atoms with Gasteiger partial charge in [-0.3, -0.25) is 9.59 Å². The molecule has 1 aromatic carbocycles. The van der Waals surface area contributed by atoms with Crippen LogP contribution >= 0.6 is 11.3 Å². The quantitative estimate of drug-likeness (QED) is 0.468. The predicted octanol–water partition coefficient (Wildman–Crippen LogP) is 5.63. The molecule has 1 saturated heterocycles. The van der Waals surface area contributed by atoms with E-state index in [2.05, 4.69) is 56.6 Å². The maximum absolute atomic E-state index is 13.2. The Morgan fingerprint density at radius 2 is 1.73 bits per heavy atom. The van der Waals surface area contributed by atoms with E-state index in [0.29, 0.717) is 13.1 Å². The Balaban J connectivity index is 1.42. The fourth-order valence-electron chi connectivity index (χ4n) is 5.77. The van der Waals surface area contributed by atoms with Gasteiger partial charge >= 0.3 is 6.09 Å². The molecule has 8 nitrogen and oxygen atoms in total. The van der Waals surface area contributed by atoms with Gasteiger partial charge in [0.1, 0.15) is 11.6 Å². The Labute approximate surface area is 242 Å². The van der Waals surface area contributed by atoms with Crippen LogP contribution in [0.5, 0.6) is 0 Å². The smallest absolute Gasteiger partial charge is 0.408 e. The van der Waals surface area contributed by atoms with Gasteiger partial charge in [-0.25, -0.2) is 9.78 Å². The molecule has 0 unspecified atom stereocenters. The zero-order valence-electron chi connectivity index (χ0n) is 24.9. The van der Waals surface area contributed by atoms with Crippen molar-refractivity contribution in [1.82, 2.24) is 15.2 Å². The number of aromatic nitrogens is 1. The molecule has 0 bridgehead atoms. The molecule has 1 aliphatic heterocycles. The number of rotatable bonds is 6. The van der Waals surface area contributed by atoms with E-state index in [0.717, 1.165) is 29.1 Å². The highest BCUT2D eigenvalue weighted by Crippen LogP contribution is 2.47. The maximum Gasteiger partial charge on any atom is 0.408 e. The molecular weight excluding hydrogens is 524 g/mol. The van der Waals surface area contributed by atoms with Crippen molar-refractivity contribution < 1.29 is 19.1 Å². The Bertz CT molecular complexity index is 1270. The minimum atomic E-state index is -1.05. The SMILES string of the molecule is CC(C)(C)OC(=O)N[C@H](CC(N)=O)C(=O)N1CCC(c2nc(-c3ccc4c(c3)C(C)(C)CCC4(C)C)cs2)CC1. The van der Waals surface area contributed by atoms with Crippen molar-refractivity contribution in [2.45, 2.75) is 109 Å². The zero-order chi connectivity index (χ0) is 29.5. The van der Waals surface area contributed by atoms with E-state index in [1.54, 1.807) is 37.0 Å². The van der Waals surface area contributed by atoms with Gasteiger partial charge in [-0.2, -0.15) is 0 Å². The second kappa shape index (κ2) is 11.1. The number of nitrogens with one attached hydrogen (secondary N) is 1. The molecule has 1 aromatic heterocycles. The first-order chi connectivity index (χ1) is 18.6. The van der Waals surface area contributed by atoms with Crippen molar-refractivity contribution in [3.8, 4) is 11.3 Å². The number of amides is 3. The van der Waals surface area contributed by atoms with E-state index >= 15 is 0 Å². The van der Waals surface area contributed by atoms with Gasteiger partial charge in [-0.05, 0) is 74.5 Å². The summed E-state index contributed by atoms with van der Waals surface area (Å²) in [4.78, 5) is 43.8. The van der Waals surface area contributed by atoms with E-state index in [-0.39, 0.29) is 29.1 Å². The number of nitrogens with two attached hydrogens (primary N) is 1. The van der Waals surface area contributed by atoms with Crippen LogP contribution in [0.15, 0.2) is 23.6 Å². The van der Waals surface area contributed by atoms with Crippen molar-refractivity contribution in [3.05, 3.63) is 39.7 Å². The molecule has 0 radical (unpaired) electrons. The van der Waals surface area contributed by atoms with Crippen LogP contribution in [0.2, 0.25) is 0 Å². The van der Waals surface area contributed by atoms with E-state index in [9.17, 15) is 14.4 Å². The van der Waals surface area contributed by atoms with E-state index in [1.807, 2.05) is 0 Å². The molecule has 218 valence electrons. The first-order valence-corrected chi connectivity index (χ1v) is 15.1. The van der Waals surface area contributed by atoms with E-state index in [4.69, 9.17) is 15.5 Å². The normalized spacial score (nSPS) is 19.4. The summed E-state index contributed by atoms with van der Waals surface area (Å²) in [7, 11) is 0. The molecule has 9 heteroatoms. The number of carbonyl (C=O) groups excluding carboxylic acids is 3. The predicted molar refractivity (Wildman–Crippen MR) is 158 cm³/mol.